The Hall–Kier alpha value is -3.82. The standard InChI is InChI=1S/C27H27FN4O4/c1-35-24-9-7-19(16-23(24)31-26(34)27(10-11-27)32-12-14-36-15-13-32)30-25(33)18-6-8-22(29-17-18)20-4-2-3-5-21(20)28/h2-9,16-17H,10-15H2,1H3,(H,30,33)(H,31,34). The highest BCUT2D eigenvalue weighted by Gasteiger charge is 2.54. The Morgan fingerprint density at radius 3 is 2.50 bits per heavy atom. The van der Waals surface area contributed by atoms with Crippen molar-refractivity contribution in [2.45, 2.75) is 18.4 Å². The molecule has 1 aliphatic heterocycles. The second-order valence-electron chi connectivity index (χ2n) is 8.87. The summed E-state index contributed by atoms with van der Waals surface area (Å²) in [5.74, 6) is -0.345. The highest BCUT2D eigenvalue weighted by Crippen LogP contribution is 2.43. The number of rotatable bonds is 7. The zero-order valence-corrected chi connectivity index (χ0v) is 19.9. The van der Waals surface area contributed by atoms with Crippen molar-refractivity contribution in [3.63, 3.8) is 0 Å². The van der Waals surface area contributed by atoms with Gasteiger partial charge in [-0.1, -0.05) is 12.1 Å². The number of anilines is 2. The second-order valence-corrected chi connectivity index (χ2v) is 8.87. The zero-order valence-electron chi connectivity index (χ0n) is 19.9. The number of halogens is 1. The first kappa shape index (κ1) is 23.9. The maximum absolute atomic E-state index is 14.0. The predicted molar refractivity (Wildman–Crippen MR) is 134 cm³/mol. The fraction of sp³-hybridized carbons (Fsp3) is 0.296. The molecule has 36 heavy (non-hydrogen) atoms. The van der Waals surface area contributed by atoms with E-state index in [9.17, 15) is 14.0 Å². The van der Waals surface area contributed by atoms with Crippen LogP contribution >= 0.6 is 0 Å². The minimum Gasteiger partial charge on any atom is -0.495 e. The summed E-state index contributed by atoms with van der Waals surface area (Å²) in [4.78, 5) is 32.5. The molecule has 2 aromatic carbocycles. The number of carbonyl (C=O) groups is 2. The number of pyridine rings is 1. The first-order chi connectivity index (χ1) is 17.5. The zero-order chi connectivity index (χ0) is 25.1. The Kier molecular flexibility index (Phi) is 6.67. The molecule has 0 bridgehead atoms. The van der Waals surface area contributed by atoms with Crippen LogP contribution in [0.25, 0.3) is 11.3 Å². The van der Waals surface area contributed by atoms with Gasteiger partial charge in [0.15, 0.2) is 0 Å². The molecule has 5 rings (SSSR count). The predicted octanol–water partition coefficient (Wildman–Crippen LogP) is 3.95. The highest BCUT2D eigenvalue weighted by molar-refractivity contribution is 6.05. The fourth-order valence-electron chi connectivity index (χ4n) is 4.48. The second kappa shape index (κ2) is 10.0. The van der Waals surface area contributed by atoms with Gasteiger partial charge in [0, 0.05) is 30.5 Å². The molecule has 9 heteroatoms. The molecule has 0 unspecified atom stereocenters. The lowest BCUT2D eigenvalue weighted by molar-refractivity contribution is -0.124. The number of nitrogens with one attached hydrogen (secondary N) is 2. The van der Waals surface area contributed by atoms with E-state index in [1.807, 2.05) is 0 Å². The van der Waals surface area contributed by atoms with E-state index in [-0.39, 0.29) is 17.6 Å². The fourth-order valence-corrected chi connectivity index (χ4v) is 4.48. The van der Waals surface area contributed by atoms with Crippen molar-refractivity contribution in [2.24, 2.45) is 0 Å². The molecule has 186 valence electrons. The summed E-state index contributed by atoms with van der Waals surface area (Å²) in [7, 11) is 1.53. The number of amides is 2. The Morgan fingerprint density at radius 2 is 1.83 bits per heavy atom. The molecule has 0 atom stereocenters. The highest BCUT2D eigenvalue weighted by atomic mass is 19.1. The summed E-state index contributed by atoms with van der Waals surface area (Å²) in [5.41, 5.74) is 1.58. The van der Waals surface area contributed by atoms with E-state index >= 15 is 0 Å². The lowest BCUT2D eigenvalue weighted by atomic mass is 10.1. The number of ether oxygens (including phenoxy) is 2. The van der Waals surface area contributed by atoms with Crippen molar-refractivity contribution in [3.8, 4) is 17.0 Å². The van der Waals surface area contributed by atoms with Crippen molar-refractivity contribution in [1.29, 1.82) is 0 Å². The summed E-state index contributed by atoms with van der Waals surface area (Å²) < 4.78 is 24.9. The van der Waals surface area contributed by atoms with Crippen molar-refractivity contribution in [3.05, 3.63) is 72.2 Å². The average Bonchev–Trinajstić information content (AvgIpc) is 3.72. The molecule has 2 amide bonds. The van der Waals surface area contributed by atoms with E-state index in [4.69, 9.17) is 9.47 Å². The first-order valence-electron chi connectivity index (χ1n) is 11.8. The van der Waals surface area contributed by atoms with E-state index in [1.54, 1.807) is 48.5 Å². The quantitative estimate of drug-likeness (QED) is 0.521. The van der Waals surface area contributed by atoms with Gasteiger partial charge in [-0.2, -0.15) is 0 Å². The van der Waals surface area contributed by atoms with Crippen molar-refractivity contribution >= 4 is 23.2 Å². The maximum Gasteiger partial charge on any atom is 0.257 e. The van der Waals surface area contributed by atoms with Crippen LogP contribution in [0.1, 0.15) is 23.2 Å². The van der Waals surface area contributed by atoms with Crippen molar-refractivity contribution in [1.82, 2.24) is 9.88 Å². The van der Waals surface area contributed by atoms with Crippen molar-refractivity contribution < 1.29 is 23.5 Å². The van der Waals surface area contributed by atoms with Crippen LogP contribution in [0.2, 0.25) is 0 Å². The molecule has 2 fully saturated rings. The van der Waals surface area contributed by atoms with Gasteiger partial charge in [0.1, 0.15) is 17.1 Å². The van der Waals surface area contributed by atoms with Crippen LogP contribution in [0.3, 0.4) is 0 Å². The number of nitrogens with zero attached hydrogens (tertiary/aromatic N) is 2. The molecular formula is C27H27FN4O4. The van der Waals surface area contributed by atoms with E-state index in [0.29, 0.717) is 47.2 Å². The van der Waals surface area contributed by atoms with Gasteiger partial charge < -0.3 is 20.1 Å². The number of benzene rings is 2. The molecule has 1 saturated carbocycles. The molecular weight excluding hydrogens is 463 g/mol. The Bertz CT molecular complexity index is 1270. The van der Waals surface area contributed by atoms with Crippen LogP contribution in [0.5, 0.6) is 5.75 Å². The summed E-state index contributed by atoms with van der Waals surface area (Å²) >= 11 is 0. The molecule has 0 spiro atoms. The Morgan fingerprint density at radius 1 is 1.06 bits per heavy atom. The lowest BCUT2D eigenvalue weighted by Gasteiger charge is -2.33. The molecule has 3 aromatic rings. The molecule has 2 N–H and O–H groups in total. The van der Waals surface area contributed by atoms with Crippen LogP contribution in [-0.4, -0.2) is 60.7 Å². The van der Waals surface area contributed by atoms with E-state index in [2.05, 4.69) is 20.5 Å². The van der Waals surface area contributed by atoms with Crippen LogP contribution in [-0.2, 0) is 9.53 Å². The third kappa shape index (κ3) is 4.80. The molecule has 1 saturated heterocycles. The summed E-state index contributed by atoms with van der Waals surface area (Å²) in [6.45, 7) is 2.70. The first-order valence-corrected chi connectivity index (χ1v) is 11.8. The largest absolute Gasteiger partial charge is 0.495 e. The van der Waals surface area contributed by atoms with Gasteiger partial charge in [0.2, 0.25) is 5.91 Å². The van der Waals surface area contributed by atoms with Crippen LogP contribution in [0.4, 0.5) is 15.8 Å². The number of carbonyl (C=O) groups excluding carboxylic acids is 2. The monoisotopic (exact) mass is 490 g/mol. The van der Waals surface area contributed by atoms with E-state index in [1.165, 1.54) is 19.4 Å². The molecule has 8 nitrogen and oxygen atoms in total. The molecule has 1 aliphatic carbocycles. The summed E-state index contributed by atoms with van der Waals surface area (Å²) in [6, 6.07) is 14.6. The average molecular weight is 491 g/mol. The van der Waals surface area contributed by atoms with Gasteiger partial charge in [0.25, 0.3) is 5.91 Å². The maximum atomic E-state index is 14.0. The summed E-state index contributed by atoms with van der Waals surface area (Å²) in [6.07, 6.45) is 3.00. The number of hydrogen-bond acceptors (Lipinski definition) is 6. The Labute approximate surface area is 208 Å². The molecule has 0 radical (unpaired) electrons. The van der Waals surface area contributed by atoms with Gasteiger partial charge in [-0.15, -0.1) is 0 Å². The van der Waals surface area contributed by atoms with E-state index in [0.717, 1.165) is 25.9 Å². The van der Waals surface area contributed by atoms with Gasteiger partial charge in [-0.25, -0.2) is 4.39 Å². The third-order valence-electron chi connectivity index (χ3n) is 6.64. The number of morpholine rings is 1. The lowest BCUT2D eigenvalue weighted by Crippen LogP contribution is -2.51. The smallest absolute Gasteiger partial charge is 0.257 e. The van der Waals surface area contributed by atoms with Gasteiger partial charge in [-0.05, 0) is 55.3 Å². The van der Waals surface area contributed by atoms with Crippen LogP contribution < -0.4 is 15.4 Å². The van der Waals surface area contributed by atoms with Crippen LogP contribution in [0.15, 0.2) is 60.8 Å². The number of methoxy groups -OCH3 is 1. The summed E-state index contributed by atoms with van der Waals surface area (Å²) in [5, 5.41) is 5.82. The number of aromatic nitrogens is 1. The van der Waals surface area contributed by atoms with Crippen LogP contribution in [0, 0.1) is 5.82 Å². The molecule has 2 heterocycles. The van der Waals surface area contributed by atoms with Gasteiger partial charge >= 0.3 is 0 Å². The Balaban J connectivity index is 1.29. The molecule has 1 aromatic heterocycles. The van der Waals surface area contributed by atoms with Gasteiger partial charge in [0.05, 0.1) is 37.3 Å². The normalized spacial score (nSPS) is 16.7. The van der Waals surface area contributed by atoms with Crippen molar-refractivity contribution in [2.75, 3.05) is 44.0 Å². The minimum atomic E-state index is -0.514. The molecule has 2 aliphatic rings. The SMILES string of the molecule is COc1ccc(NC(=O)c2ccc(-c3ccccc3F)nc2)cc1NC(=O)C1(N2CCOCC2)CC1. The minimum absolute atomic E-state index is 0.0842. The third-order valence-corrected chi connectivity index (χ3v) is 6.64. The van der Waals surface area contributed by atoms with Gasteiger partial charge in [-0.3, -0.25) is 19.5 Å². The van der Waals surface area contributed by atoms with E-state index < -0.39 is 5.54 Å². The number of hydrogen-bond donors (Lipinski definition) is 2. The topological polar surface area (TPSA) is 92.8 Å².